The van der Waals surface area contributed by atoms with Gasteiger partial charge in [-0.1, -0.05) is 24.9 Å². The van der Waals surface area contributed by atoms with Crippen LogP contribution in [-0.4, -0.2) is 24.2 Å². The van der Waals surface area contributed by atoms with Gasteiger partial charge in [-0.3, -0.25) is 4.79 Å². The second-order valence-electron chi connectivity index (χ2n) is 6.32. The lowest BCUT2D eigenvalue weighted by Gasteiger charge is -2.22. The van der Waals surface area contributed by atoms with E-state index in [1.54, 1.807) is 6.92 Å². The average molecular weight is 327 g/mol. The van der Waals surface area contributed by atoms with Crippen LogP contribution in [0.1, 0.15) is 54.4 Å². The van der Waals surface area contributed by atoms with Crippen LogP contribution in [0.5, 0.6) is 0 Å². The predicted molar refractivity (Wildman–Crippen MR) is 95.7 cm³/mol. The number of hydrogen-bond donors (Lipinski definition) is 1. The van der Waals surface area contributed by atoms with Gasteiger partial charge in [0, 0.05) is 24.5 Å². The zero-order valence-electron chi connectivity index (χ0n) is 14.5. The summed E-state index contributed by atoms with van der Waals surface area (Å²) in [5.41, 5.74) is 3.27. The number of nitrogens with zero attached hydrogens (tertiary/aromatic N) is 2. The average Bonchev–Trinajstić information content (AvgIpc) is 2.80. The molecule has 3 rings (SSSR count). The second kappa shape index (κ2) is 7.51. The zero-order chi connectivity index (χ0) is 16.9. The molecule has 1 aromatic heterocycles. The fraction of sp³-hybridized carbons (Fsp3) is 0.474. The van der Waals surface area contributed by atoms with Crippen LogP contribution in [0.4, 0.5) is 11.4 Å². The molecule has 0 saturated carbocycles. The van der Waals surface area contributed by atoms with Gasteiger partial charge < -0.3 is 14.7 Å². The highest BCUT2D eigenvalue weighted by Gasteiger charge is 2.19. The monoisotopic (exact) mass is 327 g/mol. The summed E-state index contributed by atoms with van der Waals surface area (Å²) < 4.78 is 5.14. The summed E-state index contributed by atoms with van der Waals surface area (Å²) >= 11 is 0. The van der Waals surface area contributed by atoms with Crippen molar-refractivity contribution in [2.24, 2.45) is 0 Å². The summed E-state index contributed by atoms with van der Waals surface area (Å²) in [6, 6.07) is 8.10. The van der Waals surface area contributed by atoms with Crippen LogP contribution in [0.15, 0.2) is 28.8 Å². The van der Waals surface area contributed by atoms with E-state index in [9.17, 15) is 4.79 Å². The molecule has 1 N–H and O–H groups in total. The Morgan fingerprint density at radius 3 is 2.46 bits per heavy atom. The summed E-state index contributed by atoms with van der Waals surface area (Å²) in [6.45, 7) is 5.96. The number of rotatable bonds is 4. The molecule has 24 heavy (non-hydrogen) atoms. The van der Waals surface area contributed by atoms with Crippen LogP contribution in [0.2, 0.25) is 0 Å². The molecule has 0 aliphatic carbocycles. The van der Waals surface area contributed by atoms with E-state index in [1.807, 2.05) is 19.1 Å². The maximum Gasteiger partial charge on any atom is 0.261 e. The minimum atomic E-state index is -0.159. The van der Waals surface area contributed by atoms with Crippen LogP contribution in [-0.2, 0) is 6.42 Å². The first-order valence-electron chi connectivity index (χ1n) is 8.80. The van der Waals surface area contributed by atoms with Crippen molar-refractivity contribution in [2.45, 2.75) is 46.0 Å². The van der Waals surface area contributed by atoms with Gasteiger partial charge in [-0.05, 0) is 50.5 Å². The Morgan fingerprint density at radius 1 is 1.17 bits per heavy atom. The maximum atomic E-state index is 12.5. The van der Waals surface area contributed by atoms with E-state index in [-0.39, 0.29) is 5.91 Å². The number of carbonyl (C=O) groups excluding carboxylic acids is 1. The highest BCUT2D eigenvalue weighted by molar-refractivity contribution is 6.05. The van der Waals surface area contributed by atoms with Crippen LogP contribution in [0.3, 0.4) is 0 Å². The molecule has 0 radical (unpaired) electrons. The number of anilines is 2. The lowest BCUT2D eigenvalue weighted by atomic mass is 10.1. The molecule has 1 saturated heterocycles. The first-order valence-corrected chi connectivity index (χ1v) is 8.80. The van der Waals surface area contributed by atoms with Crippen molar-refractivity contribution in [1.29, 1.82) is 0 Å². The Morgan fingerprint density at radius 2 is 1.83 bits per heavy atom. The van der Waals surface area contributed by atoms with Crippen molar-refractivity contribution in [3.05, 3.63) is 41.3 Å². The SMILES string of the molecule is CCc1noc(C)c1C(=O)Nc1ccc(N2CCCCCC2)cc1. The van der Waals surface area contributed by atoms with Gasteiger partial charge in [0.15, 0.2) is 0 Å². The lowest BCUT2D eigenvalue weighted by Crippen LogP contribution is -2.23. The summed E-state index contributed by atoms with van der Waals surface area (Å²) in [5.74, 6) is 0.402. The summed E-state index contributed by atoms with van der Waals surface area (Å²) in [5, 5.41) is 6.88. The number of benzene rings is 1. The van der Waals surface area contributed by atoms with Crippen molar-refractivity contribution >= 4 is 17.3 Å². The van der Waals surface area contributed by atoms with E-state index in [0.29, 0.717) is 23.4 Å². The molecule has 1 aromatic carbocycles. The zero-order valence-corrected chi connectivity index (χ0v) is 14.5. The summed E-state index contributed by atoms with van der Waals surface area (Å²) in [7, 11) is 0. The van der Waals surface area contributed by atoms with Crippen LogP contribution in [0.25, 0.3) is 0 Å². The second-order valence-corrected chi connectivity index (χ2v) is 6.32. The highest BCUT2D eigenvalue weighted by Crippen LogP contribution is 2.22. The topological polar surface area (TPSA) is 58.4 Å². The Labute approximate surface area is 143 Å². The molecule has 1 aliphatic rings. The van der Waals surface area contributed by atoms with Gasteiger partial charge in [0.1, 0.15) is 11.3 Å². The summed E-state index contributed by atoms with van der Waals surface area (Å²) in [4.78, 5) is 14.9. The molecular weight excluding hydrogens is 302 g/mol. The molecule has 5 nitrogen and oxygen atoms in total. The first-order chi connectivity index (χ1) is 11.7. The molecular formula is C19H25N3O2. The van der Waals surface area contributed by atoms with E-state index in [4.69, 9.17) is 4.52 Å². The standard InChI is InChI=1S/C19H25N3O2/c1-3-17-18(14(2)24-21-17)19(23)20-15-8-10-16(11-9-15)22-12-6-4-5-7-13-22/h8-11H,3-7,12-13H2,1-2H3,(H,20,23). The normalized spacial score (nSPS) is 15.2. The van der Waals surface area contributed by atoms with Crippen LogP contribution in [0, 0.1) is 6.92 Å². The molecule has 1 fully saturated rings. The Kier molecular flexibility index (Phi) is 5.18. The molecule has 0 spiro atoms. The first kappa shape index (κ1) is 16.6. The molecule has 1 amide bonds. The van der Waals surface area contributed by atoms with Gasteiger partial charge in [-0.25, -0.2) is 0 Å². The van der Waals surface area contributed by atoms with Crippen molar-refractivity contribution in [1.82, 2.24) is 5.16 Å². The Hall–Kier alpha value is -2.30. The van der Waals surface area contributed by atoms with E-state index >= 15 is 0 Å². The number of nitrogens with one attached hydrogen (secondary N) is 1. The van der Waals surface area contributed by atoms with Crippen LogP contribution < -0.4 is 10.2 Å². The molecule has 1 aliphatic heterocycles. The minimum absolute atomic E-state index is 0.159. The van der Waals surface area contributed by atoms with Gasteiger partial charge in [-0.15, -0.1) is 0 Å². The third kappa shape index (κ3) is 3.61. The summed E-state index contributed by atoms with van der Waals surface area (Å²) in [6.07, 6.45) is 5.83. The van der Waals surface area contributed by atoms with Crippen molar-refractivity contribution in [3.63, 3.8) is 0 Å². The number of aryl methyl sites for hydroxylation is 2. The van der Waals surface area contributed by atoms with E-state index < -0.39 is 0 Å². The molecule has 5 heteroatoms. The largest absolute Gasteiger partial charge is 0.372 e. The van der Waals surface area contributed by atoms with Gasteiger partial charge in [-0.2, -0.15) is 0 Å². The molecule has 128 valence electrons. The lowest BCUT2D eigenvalue weighted by molar-refractivity contribution is 0.102. The highest BCUT2D eigenvalue weighted by atomic mass is 16.5. The van der Waals surface area contributed by atoms with E-state index in [1.165, 1.54) is 31.4 Å². The van der Waals surface area contributed by atoms with E-state index in [0.717, 1.165) is 18.8 Å². The number of amides is 1. The quantitative estimate of drug-likeness (QED) is 0.915. The fourth-order valence-electron chi connectivity index (χ4n) is 3.23. The molecule has 2 aromatic rings. The smallest absolute Gasteiger partial charge is 0.261 e. The minimum Gasteiger partial charge on any atom is -0.372 e. The predicted octanol–water partition coefficient (Wildman–Crippen LogP) is 4.18. The van der Waals surface area contributed by atoms with E-state index in [2.05, 4.69) is 27.5 Å². The van der Waals surface area contributed by atoms with Crippen molar-refractivity contribution in [3.8, 4) is 0 Å². The molecule has 0 unspecified atom stereocenters. The third-order valence-electron chi connectivity index (χ3n) is 4.59. The van der Waals surface area contributed by atoms with Crippen LogP contribution >= 0.6 is 0 Å². The van der Waals surface area contributed by atoms with Gasteiger partial charge in [0.2, 0.25) is 0 Å². The molecule has 0 atom stereocenters. The Balaban J connectivity index is 1.69. The number of carbonyl (C=O) groups is 1. The number of hydrogen-bond acceptors (Lipinski definition) is 4. The van der Waals surface area contributed by atoms with Gasteiger partial charge >= 0.3 is 0 Å². The fourth-order valence-corrected chi connectivity index (χ4v) is 3.23. The number of aromatic nitrogens is 1. The maximum absolute atomic E-state index is 12.5. The Bertz CT molecular complexity index is 683. The molecule has 0 bridgehead atoms. The van der Waals surface area contributed by atoms with Gasteiger partial charge in [0.25, 0.3) is 5.91 Å². The van der Waals surface area contributed by atoms with Gasteiger partial charge in [0.05, 0.1) is 5.69 Å². The third-order valence-corrected chi connectivity index (χ3v) is 4.59. The molecule has 2 heterocycles. The van der Waals surface area contributed by atoms with Crippen molar-refractivity contribution in [2.75, 3.05) is 23.3 Å². The van der Waals surface area contributed by atoms with Crippen molar-refractivity contribution < 1.29 is 9.32 Å².